The molecule has 136 valence electrons. The van der Waals surface area contributed by atoms with Crippen LogP contribution in [0.25, 0.3) is 0 Å². The molecule has 2 unspecified atom stereocenters. The molecular formula is C20H28N2O3. The summed E-state index contributed by atoms with van der Waals surface area (Å²) in [5.41, 5.74) is 2.47. The van der Waals surface area contributed by atoms with Crippen LogP contribution in [0.4, 0.5) is 4.79 Å². The Hall–Kier alpha value is -2.04. The largest absolute Gasteiger partial charge is 0.481 e. The van der Waals surface area contributed by atoms with E-state index in [0.717, 1.165) is 24.8 Å². The highest BCUT2D eigenvalue weighted by Crippen LogP contribution is 2.41. The SMILES string of the molecule is CC(C)Cc1ccc(C(NC(=O)N2CCC(C(=O)O)C2)C2CC2)cc1. The molecule has 2 fully saturated rings. The Morgan fingerprint density at radius 1 is 1.20 bits per heavy atom. The molecule has 2 amide bonds. The molecule has 0 spiro atoms. The van der Waals surface area contributed by atoms with Crippen LogP contribution in [0.3, 0.4) is 0 Å². The molecule has 1 aliphatic heterocycles. The van der Waals surface area contributed by atoms with E-state index in [4.69, 9.17) is 5.11 Å². The monoisotopic (exact) mass is 344 g/mol. The Bertz CT molecular complexity index is 622. The number of carboxylic acid groups (broad SMARTS) is 1. The van der Waals surface area contributed by atoms with Crippen molar-refractivity contribution >= 4 is 12.0 Å². The number of nitrogens with zero attached hydrogens (tertiary/aromatic N) is 1. The van der Waals surface area contributed by atoms with E-state index in [2.05, 4.69) is 43.4 Å². The maximum atomic E-state index is 12.6. The highest BCUT2D eigenvalue weighted by atomic mass is 16.4. The predicted octanol–water partition coefficient (Wildman–Crippen LogP) is 3.45. The molecular weight excluding hydrogens is 316 g/mol. The number of carbonyl (C=O) groups excluding carboxylic acids is 1. The summed E-state index contributed by atoms with van der Waals surface area (Å²) in [5.74, 6) is -0.116. The molecule has 0 bridgehead atoms. The number of rotatable bonds is 6. The van der Waals surface area contributed by atoms with E-state index in [1.165, 1.54) is 5.56 Å². The number of hydrogen-bond acceptors (Lipinski definition) is 2. The first kappa shape index (κ1) is 17.8. The average Bonchev–Trinajstić information content (AvgIpc) is 3.27. The fourth-order valence-electron chi connectivity index (χ4n) is 3.61. The smallest absolute Gasteiger partial charge is 0.317 e. The molecule has 0 radical (unpaired) electrons. The normalized spacial score (nSPS) is 21.4. The van der Waals surface area contributed by atoms with E-state index in [1.807, 2.05) is 0 Å². The van der Waals surface area contributed by atoms with Gasteiger partial charge in [0, 0.05) is 13.1 Å². The van der Waals surface area contributed by atoms with Crippen molar-refractivity contribution in [3.8, 4) is 0 Å². The molecule has 1 saturated carbocycles. The van der Waals surface area contributed by atoms with Gasteiger partial charge >= 0.3 is 12.0 Å². The van der Waals surface area contributed by atoms with Crippen LogP contribution in [0.2, 0.25) is 0 Å². The number of urea groups is 1. The molecule has 5 nitrogen and oxygen atoms in total. The lowest BCUT2D eigenvalue weighted by molar-refractivity contribution is -0.141. The van der Waals surface area contributed by atoms with Crippen molar-refractivity contribution in [3.05, 3.63) is 35.4 Å². The topological polar surface area (TPSA) is 69.6 Å². The van der Waals surface area contributed by atoms with Crippen molar-refractivity contribution in [1.82, 2.24) is 10.2 Å². The maximum absolute atomic E-state index is 12.6. The summed E-state index contributed by atoms with van der Waals surface area (Å²) in [5, 5.41) is 12.3. The van der Waals surface area contributed by atoms with E-state index >= 15 is 0 Å². The lowest BCUT2D eigenvalue weighted by Crippen LogP contribution is -2.41. The number of hydrogen-bond donors (Lipinski definition) is 2. The highest BCUT2D eigenvalue weighted by Gasteiger charge is 2.36. The Morgan fingerprint density at radius 3 is 2.40 bits per heavy atom. The minimum Gasteiger partial charge on any atom is -0.481 e. The van der Waals surface area contributed by atoms with E-state index < -0.39 is 11.9 Å². The molecule has 2 N–H and O–H groups in total. The number of carbonyl (C=O) groups is 2. The number of nitrogens with one attached hydrogen (secondary N) is 1. The van der Waals surface area contributed by atoms with Gasteiger partial charge in [-0.05, 0) is 48.6 Å². The molecule has 1 aromatic carbocycles. The molecule has 5 heteroatoms. The number of benzene rings is 1. The zero-order chi connectivity index (χ0) is 18.0. The second kappa shape index (κ2) is 7.46. The molecule has 1 saturated heterocycles. The third-order valence-electron chi connectivity index (χ3n) is 5.18. The molecule has 1 heterocycles. The molecule has 2 aliphatic rings. The van der Waals surface area contributed by atoms with Crippen LogP contribution < -0.4 is 5.32 Å². The fourth-order valence-corrected chi connectivity index (χ4v) is 3.61. The summed E-state index contributed by atoms with van der Waals surface area (Å²) >= 11 is 0. The maximum Gasteiger partial charge on any atom is 0.317 e. The highest BCUT2D eigenvalue weighted by molar-refractivity contribution is 5.77. The fraction of sp³-hybridized carbons (Fsp3) is 0.600. The summed E-state index contributed by atoms with van der Waals surface area (Å²) in [6.45, 7) is 5.25. The Kier molecular flexibility index (Phi) is 5.30. The first-order valence-corrected chi connectivity index (χ1v) is 9.31. The van der Waals surface area contributed by atoms with Crippen LogP contribution in [0.5, 0.6) is 0 Å². The van der Waals surface area contributed by atoms with Gasteiger partial charge in [0.15, 0.2) is 0 Å². The Labute approximate surface area is 149 Å². The van der Waals surface area contributed by atoms with E-state index in [0.29, 0.717) is 31.3 Å². The van der Waals surface area contributed by atoms with Crippen molar-refractivity contribution in [2.45, 2.75) is 45.6 Å². The number of aliphatic carboxylic acids is 1. The van der Waals surface area contributed by atoms with E-state index in [1.54, 1.807) is 4.90 Å². The average molecular weight is 344 g/mol. The zero-order valence-electron chi connectivity index (χ0n) is 15.1. The Balaban J connectivity index is 1.64. The van der Waals surface area contributed by atoms with Crippen LogP contribution in [0.1, 0.15) is 50.3 Å². The summed E-state index contributed by atoms with van der Waals surface area (Å²) < 4.78 is 0. The second-order valence-corrected chi connectivity index (χ2v) is 7.87. The summed E-state index contributed by atoms with van der Waals surface area (Å²) in [6, 6.07) is 8.48. The number of likely N-dealkylation sites (tertiary alicyclic amines) is 1. The summed E-state index contributed by atoms with van der Waals surface area (Å²) in [7, 11) is 0. The van der Waals surface area contributed by atoms with Gasteiger partial charge in [-0.15, -0.1) is 0 Å². The minimum absolute atomic E-state index is 0.0319. The van der Waals surface area contributed by atoms with Crippen molar-refractivity contribution in [1.29, 1.82) is 0 Å². The van der Waals surface area contributed by atoms with E-state index in [9.17, 15) is 9.59 Å². The van der Waals surface area contributed by atoms with Crippen LogP contribution >= 0.6 is 0 Å². The third-order valence-corrected chi connectivity index (χ3v) is 5.18. The van der Waals surface area contributed by atoms with Gasteiger partial charge in [-0.1, -0.05) is 38.1 Å². The number of carboxylic acids is 1. The van der Waals surface area contributed by atoms with Gasteiger partial charge in [-0.25, -0.2) is 4.79 Å². The molecule has 0 aromatic heterocycles. The lowest BCUT2D eigenvalue weighted by Gasteiger charge is -2.24. The first-order valence-electron chi connectivity index (χ1n) is 9.31. The van der Waals surface area contributed by atoms with Crippen LogP contribution in [0, 0.1) is 17.8 Å². The van der Waals surface area contributed by atoms with Crippen molar-refractivity contribution in [2.24, 2.45) is 17.8 Å². The van der Waals surface area contributed by atoms with Gasteiger partial charge in [0.1, 0.15) is 0 Å². The lowest BCUT2D eigenvalue weighted by atomic mass is 9.97. The second-order valence-electron chi connectivity index (χ2n) is 7.87. The van der Waals surface area contributed by atoms with Crippen LogP contribution in [-0.2, 0) is 11.2 Å². The van der Waals surface area contributed by atoms with Gasteiger partial charge in [-0.3, -0.25) is 4.79 Å². The summed E-state index contributed by atoms with van der Waals surface area (Å²) in [4.78, 5) is 25.3. The summed E-state index contributed by atoms with van der Waals surface area (Å²) in [6.07, 6.45) is 3.87. The van der Waals surface area contributed by atoms with E-state index in [-0.39, 0.29) is 12.1 Å². The standard InChI is InChI=1S/C20H28N2O3/c1-13(2)11-14-3-5-15(6-4-14)18(16-7-8-16)21-20(25)22-10-9-17(12-22)19(23)24/h3-6,13,16-18H,7-12H2,1-2H3,(H,21,25)(H,23,24). The molecule has 25 heavy (non-hydrogen) atoms. The molecule has 2 atom stereocenters. The molecule has 3 rings (SSSR count). The third kappa shape index (κ3) is 4.53. The van der Waals surface area contributed by atoms with Crippen molar-refractivity contribution in [3.63, 3.8) is 0 Å². The van der Waals surface area contributed by atoms with Gasteiger partial charge < -0.3 is 15.3 Å². The van der Waals surface area contributed by atoms with Gasteiger partial charge in [0.2, 0.25) is 0 Å². The van der Waals surface area contributed by atoms with Gasteiger partial charge in [0.25, 0.3) is 0 Å². The number of amides is 2. The van der Waals surface area contributed by atoms with Gasteiger partial charge in [-0.2, -0.15) is 0 Å². The van der Waals surface area contributed by atoms with Crippen molar-refractivity contribution in [2.75, 3.05) is 13.1 Å². The first-order chi connectivity index (χ1) is 11.9. The van der Waals surface area contributed by atoms with Crippen LogP contribution in [-0.4, -0.2) is 35.1 Å². The quantitative estimate of drug-likeness (QED) is 0.830. The predicted molar refractivity (Wildman–Crippen MR) is 96.3 cm³/mol. The zero-order valence-corrected chi connectivity index (χ0v) is 15.1. The minimum atomic E-state index is -0.810. The van der Waals surface area contributed by atoms with Gasteiger partial charge in [0.05, 0.1) is 12.0 Å². The molecule has 1 aromatic rings. The Morgan fingerprint density at radius 2 is 1.88 bits per heavy atom. The molecule has 1 aliphatic carbocycles. The van der Waals surface area contributed by atoms with Crippen molar-refractivity contribution < 1.29 is 14.7 Å². The van der Waals surface area contributed by atoms with Crippen LogP contribution in [0.15, 0.2) is 24.3 Å².